The SMILES string of the molecule is NC(=O)CNC(=O)[C@@H]1CCCN1C(=O)CNC(=O)[C@H](NC(=O)CON1CCNc2ccccc2S1)c1ccccc1. The van der Waals surface area contributed by atoms with Crippen LogP contribution < -0.4 is 27.0 Å². The first-order chi connectivity index (χ1) is 19.8. The van der Waals surface area contributed by atoms with Gasteiger partial charge in [0.25, 0.3) is 0 Å². The molecule has 0 saturated carbocycles. The minimum Gasteiger partial charge on any atom is -0.383 e. The van der Waals surface area contributed by atoms with Crippen molar-refractivity contribution in [3.05, 3.63) is 60.2 Å². The summed E-state index contributed by atoms with van der Waals surface area (Å²) in [6.45, 7) is 0.477. The van der Waals surface area contributed by atoms with Gasteiger partial charge in [0.05, 0.1) is 19.6 Å². The monoisotopic (exact) mass is 583 g/mol. The number of likely N-dealkylation sites (tertiary alicyclic amines) is 1. The van der Waals surface area contributed by atoms with Gasteiger partial charge in [0, 0.05) is 23.7 Å². The molecule has 13 nitrogen and oxygen atoms in total. The van der Waals surface area contributed by atoms with Gasteiger partial charge >= 0.3 is 0 Å². The highest BCUT2D eigenvalue weighted by Gasteiger charge is 2.34. The fourth-order valence-electron chi connectivity index (χ4n) is 4.50. The van der Waals surface area contributed by atoms with E-state index >= 15 is 0 Å². The van der Waals surface area contributed by atoms with E-state index in [4.69, 9.17) is 10.6 Å². The highest BCUT2D eigenvalue weighted by atomic mass is 32.2. The van der Waals surface area contributed by atoms with Gasteiger partial charge in [0.1, 0.15) is 18.7 Å². The molecule has 2 aromatic carbocycles. The molecule has 2 atom stereocenters. The summed E-state index contributed by atoms with van der Waals surface area (Å²) < 4.78 is 1.61. The zero-order valence-corrected chi connectivity index (χ0v) is 23.2. The molecule has 4 rings (SSSR count). The Hall–Kier alpha value is -4.14. The summed E-state index contributed by atoms with van der Waals surface area (Å²) in [7, 11) is 0. The van der Waals surface area contributed by atoms with Crippen LogP contribution in [0.1, 0.15) is 24.4 Å². The van der Waals surface area contributed by atoms with E-state index in [-0.39, 0.29) is 19.7 Å². The maximum absolute atomic E-state index is 13.2. The number of hydroxylamine groups is 1. The Bertz CT molecular complexity index is 1260. The van der Waals surface area contributed by atoms with Gasteiger partial charge in [0.2, 0.25) is 29.5 Å². The lowest BCUT2D eigenvalue weighted by molar-refractivity contribution is -0.142. The summed E-state index contributed by atoms with van der Waals surface area (Å²) in [6, 6.07) is 14.6. The topological polar surface area (TPSA) is 175 Å². The van der Waals surface area contributed by atoms with Crippen LogP contribution in [0.15, 0.2) is 59.5 Å². The maximum atomic E-state index is 13.2. The summed E-state index contributed by atoms with van der Waals surface area (Å²) >= 11 is 1.37. The van der Waals surface area contributed by atoms with Gasteiger partial charge in [-0.2, -0.15) is 0 Å². The highest BCUT2D eigenvalue weighted by Crippen LogP contribution is 2.32. The summed E-state index contributed by atoms with van der Waals surface area (Å²) in [6.07, 6.45) is 1.04. The number of fused-ring (bicyclic) bond motifs is 1. The van der Waals surface area contributed by atoms with Crippen LogP contribution >= 0.6 is 11.9 Å². The second kappa shape index (κ2) is 14.5. The first kappa shape index (κ1) is 29.8. The van der Waals surface area contributed by atoms with Crippen LogP contribution in [0.25, 0.3) is 0 Å². The van der Waals surface area contributed by atoms with Gasteiger partial charge in [-0.1, -0.05) is 42.5 Å². The van der Waals surface area contributed by atoms with Crippen LogP contribution in [0.4, 0.5) is 5.69 Å². The largest absolute Gasteiger partial charge is 0.383 e. The molecule has 1 fully saturated rings. The average Bonchev–Trinajstić information content (AvgIpc) is 3.38. The van der Waals surface area contributed by atoms with Gasteiger partial charge in [-0.05, 0) is 42.5 Å². The molecule has 0 radical (unpaired) electrons. The Labute approximate surface area is 241 Å². The first-order valence-electron chi connectivity index (χ1n) is 13.2. The predicted octanol–water partition coefficient (Wildman–Crippen LogP) is -0.0810. The van der Waals surface area contributed by atoms with Crippen molar-refractivity contribution in [1.29, 1.82) is 0 Å². The molecule has 0 spiro atoms. The Kier molecular flexibility index (Phi) is 10.5. The van der Waals surface area contributed by atoms with Crippen LogP contribution in [0.3, 0.4) is 0 Å². The van der Waals surface area contributed by atoms with Crippen molar-refractivity contribution in [3.63, 3.8) is 0 Å². The smallest absolute Gasteiger partial charge is 0.249 e. The molecule has 0 aliphatic carbocycles. The summed E-state index contributed by atoms with van der Waals surface area (Å²) in [5.74, 6) is -2.72. The molecule has 2 aliphatic rings. The fraction of sp³-hybridized carbons (Fsp3) is 0.370. The minimum atomic E-state index is -1.08. The second-order valence-electron chi connectivity index (χ2n) is 9.40. The molecule has 6 N–H and O–H groups in total. The van der Waals surface area contributed by atoms with Crippen molar-refractivity contribution in [3.8, 4) is 0 Å². The number of rotatable bonds is 11. The molecule has 2 aromatic rings. The van der Waals surface area contributed by atoms with Crippen LogP contribution in [-0.2, 0) is 28.8 Å². The quantitative estimate of drug-likeness (QED) is 0.227. The van der Waals surface area contributed by atoms with Crippen LogP contribution in [0.5, 0.6) is 0 Å². The third-order valence-corrected chi connectivity index (χ3v) is 7.51. The predicted molar refractivity (Wildman–Crippen MR) is 151 cm³/mol. The Morgan fingerprint density at radius 3 is 2.54 bits per heavy atom. The molecular weight excluding hydrogens is 550 g/mol. The van der Waals surface area contributed by atoms with Crippen LogP contribution in [-0.4, -0.2) is 84.3 Å². The van der Waals surface area contributed by atoms with E-state index in [2.05, 4.69) is 21.3 Å². The fourth-order valence-corrected chi connectivity index (χ4v) is 5.38. The molecule has 1 saturated heterocycles. The number of benzene rings is 2. The lowest BCUT2D eigenvalue weighted by Gasteiger charge is -2.25. The number of carbonyl (C=O) groups is 5. The van der Waals surface area contributed by atoms with Gasteiger partial charge in [-0.3, -0.25) is 28.8 Å². The number of para-hydroxylation sites is 1. The number of hydrogen-bond donors (Lipinski definition) is 5. The van der Waals surface area contributed by atoms with E-state index in [1.165, 1.54) is 16.8 Å². The number of hydrogen-bond acceptors (Lipinski definition) is 9. The van der Waals surface area contributed by atoms with E-state index in [9.17, 15) is 24.0 Å². The van der Waals surface area contributed by atoms with Gasteiger partial charge in [0.15, 0.2) is 0 Å². The molecular formula is C27H33N7O6S. The van der Waals surface area contributed by atoms with E-state index < -0.39 is 41.6 Å². The van der Waals surface area contributed by atoms with E-state index in [0.29, 0.717) is 38.0 Å². The summed E-state index contributed by atoms with van der Waals surface area (Å²) in [5, 5.41) is 11.0. The number of nitrogens with two attached hydrogens (primary N) is 1. The lowest BCUT2D eigenvalue weighted by Crippen LogP contribution is -2.51. The molecule has 218 valence electrons. The Morgan fingerprint density at radius 1 is 1.00 bits per heavy atom. The van der Waals surface area contributed by atoms with Crippen molar-refractivity contribution in [1.82, 2.24) is 25.3 Å². The van der Waals surface area contributed by atoms with Gasteiger partial charge < -0.3 is 31.9 Å². The lowest BCUT2D eigenvalue weighted by atomic mass is 10.1. The number of amides is 5. The Morgan fingerprint density at radius 2 is 1.76 bits per heavy atom. The van der Waals surface area contributed by atoms with Crippen molar-refractivity contribution < 1.29 is 28.8 Å². The van der Waals surface area contributed by atoms with Gasteiger partial charge in [-0.15, -0.1) is 4.47 Å². The average molecular weight is 584 g/mol. The van der Waals surface area contributed by atoms with E-state index in [1.807, 2.05) is 24.3 Å². The third kappa shape index (κ3) is 8.42. The standard InChI is InChI=1S/C27H33N7O6S/c28-22(35)15-30-26(38)20-10-6-13-33(20)24(37)16-31-27(39)25(18-7-2-1-3-8-18)32-23(36)17-40-34-14-12-29-19-9-4-5-11-21(19)41-34/h1-5,7-9,11,20,25,29H,6,10,12-17H2,(H2,28,35)(H,30,38)(H,31,39)(H,32,36)/t20-,25+/m0/s1. The summed E-state index contributed by atoms with van der Waals surface area (Å²) in [4.78, 5) is 70.4. The van der Waals surface area contributed by atoms with Crippen LogP contribution in [0, 0.1) is 0 Å². The van der Waals surface area contributed by atoms with Crippen molar-refractivity contribution in [2.24, 2.45) is 5.73 Å². The number of nitrogens with zero attached hydrogens (tertiary/aromatic N) is 2. The van der Waals surface area contributed by atoms with Crippen molar-refractivity contribution >= 4 is 47.2 Å². The summed E-state index contributed by atoms with van der Waals surface area (Å²) in [5.41, 5.74) is 6.59. The number of primary amides is 1. The molecule has 14 heteroatoms. The molecule has 41 heavy (non-hydrogen) atoms. The number of nitrogens with one attached hydrogen (secondary N) is 4. The normalized spacial score (nSPS) is 17.4. The molecule has 2 heterocycles. The van der Waals surface area contributed by atoms with Crippen molar-refractivity contribution in [2.75, 3.05) is 44.6 Å². The minimum absolute atomic E-state index is 0.319. The highest BCUT2D eigenvalue weighted by molar-refractivity contribution is 7.97. The second-order valence-corrected chi connectivity index (χ2v) is 10.4. The van der Waals surface area contributed by atoms with Crippen LogP contribution in [0.2, 0.25) is 0 Å². The maximum Gasteiger partial charge on any atom is 0.249 e. The number of carbonyl (C=O) groups excluding carboxylic acids is 5. The zero-order chi connectivity index (χ0) is 29.2. The Balaban J connectivity index is 1.32. The van der Waals surface area contributed by atoms with E-state index in [1.54, 1.807) is 34.8 Å². The molecule has 0 unspecified atom stereocenters. The zero-order valence-electron chi connectivity index (χ0n) is 22.3. The molecule has 0 bridgehead atoms. The van der Waals surface area contributed by atoms with Gasteiger partial charge in [-0.25, -0.2) is 0 Å². The van der Waals surface area contributed by atoms with E-state index in [0.717, 1.165) is 10.6 Å². The molecule has 0 aromatic heterocycles. The third-order valence-electron chi connectivity index (χ3n) is 6.46. The molecule has 5 amide bonds. The van der Waals surface area contributed by atoms with Crippen molar-refractivity contribution in [2.45, 2.75) is 29.8 Å². The molecule has 2 aliphatic heterocycles. The number of anilines is 1. The first-order valence-corrected chi connectivity index (χ1v) is 14.0.